The van der Waals surface area contributed by atoms with Crippen LogP contribution in [0.25, 0.3) is 0 Å². The first kappa shape index (κ1) is 22.9. The highest BCUT2D eigenvalue weighted by Crippen LogP contribution is 2.32. The van der Waals surface area contributed by atoms with E-state index in [1.807, 2.05) is 13.8 Å². The summed E-state index contributed by atoms with van der Waals surface area (Å²) in [7, 11) is -3.52. The molecule has 1 aliphatic carbocycles. The molecule has 0 heterocycles. The molecule has 1 fully saturated rings. The second-order valence-electron chi connectivity index (χ2n) is 6.58. The number of halogens is 1. The average molecular weight is 404 g/mol. The average Bonchev–Trinajstić information content (AvgIpc) is 3.44. The molecule has 148 valence electrons. The Morgan fingerprint density at radius 3 is 2.15 bits per heavy atom. The molecule has 0 aromatic heterocycles. The van der Waals surface area contributed by atoms with Crippen LogP contribution in [-0.2, 0) is 10.0 Å². The zero-order valence-electron chi connectivity index (χ0n) is 15.5. The van der Waals surface area contributed by atoms with Gasteiger partial charge in [0.05, 0.1) is 4.90 Å². The van der Waals surface area contributed by atoms with Crippen molar-refractivity contribution >= 4 is 28.3 Å². The van der Waals surface area contributed by atoms with Crippen molar-refractivity contribution in [3.8, 4) is 0 Å². The van der Waals surface area contributed by atoms with Crippen molar-refractivity contribution in [2.45, 2.75) is 50.5 Å². The molecule has 1 aromatic carbocycles. The normalized spacial score (nSPS) is 15.4. The zero-order valence-corrected chi connectivity index (χ0v) is 17.1. The summed E-state index contributed by atoms with van der Waals surface area (Å²) in [6.45, 7) is 5.33. The van der Waals surface area contributed by atoms with Crippen LogP contribution in [0.15, 0.2) is 29.2 Å². The number of amides is 1. The molecule has 0 aliphatic heterocycles. The summed E-state index contributed by atoms with van der Waals surface area (Å²) in [5.74, 6) is 0.274. The van der Waals surface area contributed by atoms with Gasteiger partial charge < -0.3 is 11.1 Å². The summed E-state index contributed by atoms with van der Waals surface area (Å²) in [4.78, 5) is 12.5. The minimum absolute atomic E-state index is 0. The van der Waals surface area contributed by atoms with Gasteiger partial charge in [0.1, 0.15) is 0 Å². The molecule has 6 nitrogen and oxygen atoms in total. The Balaban J connectivity index is 0.00000338. The van der Waals surface area contributed by atoms with Gasteiger partial charge in [0.15, 0.2) is 0 Å². The summed E-state index contributed by atoms with van der Waals surface area (Å²) in [5, 5.41) is 2.94. The van der Waals surface area contributed by atoms with E-state index >= 15 is 0 Å². The predicted molar refractivity (Wildman–Crippen MR) is 106 cm³/mol. The number of sulfonamides is 1. The first-order valence-electron chi connectivity index (χ1n) is 9.05. The number of carbonyl (C=O) groups is 1. The van der Waals surface area contributed by atoms with Crippen molar-refractivity contribution in [3.63, 3.8) is 0 Å². The molecule has 0 radical (unpaired) electrons. The largest absolute Gasteiger partial charge is 0.348 e. The Hall–Kier alpha value is -1.15. The number of carbonyl (C=O) groups excluding carboxylic acids is 1. The third kappa shape index (κ3) is 5.67. The molecule has 3 N–H and O–H groups in total. The van der Waals surface area contributed by atoms with Gasteiger partial charge >= 0.3 is 0 Å². The molecule has 26 heavy (non-hydrogen) atoms. The van der Waals surface area contributed by atoms with E-state index in [-0.39, 0.29) is 29.3 Å². The van der Waals surface area contributed by atoms with Gasteiger partial charge in [-0.25, -0.2) is 8.42 Å². The standard InChI is InChI=1S/C18H29N3O3S.ClH/c1-3-11-21(12-4-2)25(23,24)16-9-7-15(8-10-16)18(22)20-17(13-19)14-5-6-14;/h7-10,14,17H,3-6,11-13,19H2,1-2H3,(H,20,22);1H. The lowest BCUT2D eigenvalue weighted by Gasteiger charge is -2.21. The second kappa shape index (κ2) is 10.3. The Morgan fingerprint density at radius 1 is 1.19 bits per heavy atom. The van der Waals surface area contributed by atoms with Gasteiger partial charge in [0, 0.05) is 31.2 Å². The molecule has 0 spiro atoms. The molecule has 1 aliphatic rings. The van der Waals surface area contributed by atoms with Gasteiger partial charge in [-0.3, -0.25) is 4.79 Å². The summed E-state index contributed by atoms with van der Waals surface area (Å²) < 4.78 is 26.9. The third-order valence-electron chi connectivity index (χ3n) is 4.46. The topological polar surface area (TPSA) is 92.5 Å². The molecule has 1 saturated carbocycles. The highest BCUT2D eigenvalue weighted by Gasteiger charge is 2.31. The molecule has 1 aromatic rings. The molecule has 1 atom stereocenters. The van der Waals surface area contributed by atoms with E-state index in [1.54, 1.807) is 12.1 Å². The van der Waals surface area contributed by atoms with Crippen LogP contribution >= 0.6 is 12.4 Å². The van der Waals surface area contributed by atoms with E-state index in [4.69, 9.17) is 5.73 Å². The highest BCUT2D eigenvalue weighted by atomic mass is 35.5. The Kier molecular flexibility index (Phi) is 9.03. The Labute approximate surface area is 163 Å². The zero-order chi connectivity index (χ0) is 18.4. The van der Waals surface area contributed by atoms with Crippen LogP contribution in [0.1, 0.15) is 49.9 Å². The van der Waals surface area contributed by atoms with Crippen molar-refractivity contribution in [1.29, 1.82) is 0 Å². The van der Waals surface area contributed by atoms with Crippen molar-refractivity contribution in [1.82, 2.24) is 9.62 Å². The van der Waals surface area contributed by atoms with E-state index in [1.165, 1.54) is 16.4 Å². The Morgan fingerprint density at radius 2 is 1.73 bits per heavy atom. The maximum atomic E-state index is 12.7. The summed E-state index contributed by atoms with van der Waals surface area (Å²) >= 11 is 0. The van der Waals surface area contributed by atoms with E-state index in [0.29, 0.717) is 31.1 Å². The van der Waals surface area contributed by atoms with E-state index in [2.05, 4.69) is 5.32 Å². The minimum atomic E-state index is -3.52. The molecular weight excluding hydrogens is 374 g/mol. The monoisotopic (exact) mass is 403 g/mol. The molecule has 8 heteroatoms. The number of benzene rings is 1. The molecule has 2 rings (SSSR count). The van der Waals surface area contributed by atoms with Gasteiger partial charge in [-0.05, 0) is 55.9 Å². The van der Waals surface area contributed by atoms with Crippen molar-refractivity contribution < 1.29 is 13.2 Å². The van der Waals surface area contributed by atoms with E-state index in [9.17, 15) is 13.2 Å². The molecule has 0 bridgehead atoms. The number of rotatable bonds is 10. The Bertz CT molecular complexity index is 669. The fourth-order valence-electron chi connectivity index (χ4n) is 2.90. The number of hydrogen-bond acceptors (Lipinski definition) is 4. The van der Waals surface area contributed by atoms with Gasteiger partial charge in [-0.15, -0.1) is 12.4 Å². The van der Waals surface area contributed by atoms with Crippen molar-refractivity contribution in [3.05, 3.63) is 29.8 Å². The van der Waals surface area contributed by atoms with Crippen LogP contribution in [0.5, 0.6) is 0 Å². The van der Waals surface area contributed by atoms with E-state index < -0.39 is 10.0 Å². The maximum Gasteiger partial charge on any atom is 0.251 e. The smallest absolute Gasteiger partial charge is 0.251 e. The molecule has 0 saturated heterocycles. The van der Waals surface area contributed by atoms with Crippen LogP contribution in [0.2, 0.25) is 0 Å². The lowest BCUT2D eigenvalue weighted by molar-refractivity contribution is 0.0933. The van der Waals surface area contributed by atoms with Crippen molar-refractivity contribution in [2.75, 3.05) is 19.6 Å². The quantitative estimate of drug-likeness (QED) is 0.627. The van der Waals surface area contributed by atoms with Crippen molar-refractivity contribution in [2.24, 2.45) is 11.7 Å². The lowest BCUT2D eigenvalue weighted by atomic mass is 10.1. The fourth-order valence-corrected chi connectivity index (χ4v) is 4.52. The minimum Gasteiger partial charge on any atom is -0.348 e. The number of nitrogens with one attached hydrogen (secondary N) is 1. The maximum absolute atomic E-state index is 12.7. The number of nitrogens with two attached hydrogens (primary N) is 1. The molecular formula is C18H30ClN3O3S. The predicted octanol–water partition coefficient (Wildman–Crippen LogP) is 2.39. The third-order valence-corrected chi connectivity index (χ3v) is 6.37. The molecule has 1 unspecified atom stereocenters. The first-order valence-corrected chi connectivity index (χ1v) is 10.5. The van der Waals surface area contributed by atoms with Gasteiger partial charge in [0.2, 0.25) is 10.0 Å². The fraction of sp³-hybridized carbons (Fsp3) is 0.611. The molecule has 1 amide bonds. The van der Waals surface area contributed by atoms with Crippen LogP contribution in [0, 0.1) is 5.92 Å². The highest BCUT2D eigenvalue weighted by molar-refractivity contribution is 7.89. The number of hydrogen-bond donors (Lipinski definition) is 2. The van der Waals surface area contributed by atoms with Gasteiger partial charge in [0.25, 0.3) is 5.91 Å². The summed E-state index contributed by atoms with van der Waals surface area (Å²) in [6, 6.07) is 6.16. The van der Waals surface area contributed by atoms with E-state index in [0.717, 1.165) is 25.7 Å². The van der Waals surface area contributed by atoms with Gasteiger partial charge in [-0.2, -0.15) is 4.31 Å². The summed E-state index contributed by atoms with van der Waals surface area (Å²) in [5.41, 5.74) is 6.17. The number of nitrogens with zero attached hydrogens (tertiary/aromatic N) is 1. The summed E-state index contributed by atoms with van der Waals surface area (Å²) in [6.07, 6.45) is 3.73. The van der Waals surface area contributed by atoms with Gasteiger partial charge in [-0.1, -0.05) is 13.8 Å². The van der Waals surface area contributed by atoms with Crippen LogP contribution in [0.4, 0.5) is 0 Å². The lowest BCUT2D eigenvalue weighted by Crippen LogP contribution is -2.41. The second-order valence-corrected chi connectivity index (χ2v) is 8.52. The van der Waals surface area contributed by atoms with Crippen LogP contribution < -0.4 is 11.1 Å². The SMILES string of the molecule is CCCN(CCC)S(=O)(=O)c1ccc(C(=O)NC(CN)C2CC2)cc1.Cl. The first-order chi connectivity index (χ1) is 11.9. The van der Waals surface area contributed by atoms with Crippen LogP contribution in [0.3, 0.4) is 0 Å². The van der Waals surface area contributed by atoms with Crippen LogP contribution in [-0.4, -0.2) is 44.3 Å².